The number of aromatic nitrogens is 2. The highest BCUT2D eigenvalue weighted by atomic mass is 32.1. The summed E-state index contributed by atoms with van der Waals surface area (Å²) in [4.78, 5) is 15.3. The van der Waals surface area contributed by atoms with Crippen molar-refractivity contribution in [2.45, 2.75) is 19.4 Å². The number of fused-ring (bicyclic) bond motifs is 1. The highest BCUT2D eigenvalue weighted by Crippen LogP contribution is 2.39. The van der Waals surface area contributed by atoms with Crippen molar-refractivity contribution in [2.24, 2.45) is 5.92 Å². The van der Waals surface area contributed by atoms with Crippen LogP contribution >= 0.6 is 11.3 Å². The van der Waals surface area contributed by atoms with Crippen molar-refractivity contribution in [3.63, 3.8) is 0 Å². The summed E-state index contributed by atoms with van der Waals surface area (Å²) < 4.78 is 0. The molecule has 4 nitrogen and oxygen atoms in total. The number of hydrogen-bond acceptors (Lipinski definition) is 5. The van der Waals surface area contributed by atoms with Gasteiger partial charge < -0.3 is 9.80 Å². The second kappa shape index (κ2) is 6.73. The van der Waals surface area contributed by atoms with Gasteiger partial charge in [-0.3, -0.25) is 0 Å². The van der Waals surface area contributed by atoms with E-state index in [1.54, 1.807) is 11.3 Å². The topological polar surface area (TPSA) is 32.3 Å². The average molecular weight is 353 g/mol. The Labute approximate surface area is 153 Å². The Kier molecular flexibility index (Phi) is 4.44. The minimum Gasteiger partial charge on any atom is -0.359 e. The van der Waals surface area contributed by atoms with Gasteiger partial charge in [0.1, 0.15) is 16.5 Å². The minimum absolute atomic E-state index is 0.763. The van der Waals surface area contributed by atoms with E-state index < -0.39 is 0 Å². The normalized spacial score (nSPS) is 14.4. The molecule has 1 aliphatic rings. The Morgan fingerprint density at radius 2 is 1.84 bits per heavy atom. The van der Waals surface area contributed by atoms with E-state index in [1.165, 1.54) is 29.4 Å². The molecule has 0 N–H and O–H groups in total. The number of benzene rings is 1. The van der Waals surface area contributed by atoms with Crippen molar-refractivity contribution < 1.29 is 0 Å². The largest absolute Gasteiger partial charge is 0.359 e. The molecule has 0 aliphatic heterocycles. The van der Waals surface area contributed by atoms with Gasteiger partial charge in [-0.1, -0.05) is 30.3 Å². The molecule has 25 heavy (non-hydrogen) atoms. The molecule has 1 fully saturated rings. The third kappa shape index (κ3) is 3.53. The molecule has 1 aliphatic carbocycles. The minimum atomic E-state index is 0.763. The van der Waals surface area contributed by atoms with E-state index in [4.69, 9.17) is 9.97 Å². The van der Waals surface area contributed by atoms with Gasteiger partial charge in [0.2, 0.25) is 0 Å². The van der Waals surface area contributed by atoms with Crippen molar-refractivity contribution in [1.82, 2.24) is 14.9 Å². The van der Waals surface area contributed by atoms with Crippen LogP contribution < -0.4 is 4.90 Å². The lowest BCUT2D eigenvalue weighted by atomic mass is 10.1. The van der Waals surface area contributed by atoms with Crippen molar-refractivity contribution >= 4 is 27.4 Å². The second-order valence-corrected chi connectivity index (χ2v) is 8.08. The molecule has 130 valence electrons. The fraction of sp³-hybridized carbons (Fsp3) is 0.400. The van der Waals surface area contributed by atoms with Crippen LogP contribution in [0.1, 0.15) is 18.7 Å². The first-order valence-corrected chi connectivity index (χ1v) is 9.69. The lowest BCUT2D eigenvalue weighted by molar-refractivity contribution is 0.391. The summed E-state index contributed by atoms with van der Waals surface area (Å²) in [5.74, 6) is 2.80. The molecule has 4 rings (SSSR count). The van der Waals surface area contributed by atoms with E-state index in [9.17, 15) is 0 Å². The molecule has 0 atom stereocenters. The van der Waals surface area contributed by atoms with E-state index in [0.717, 1.165) is 35.5 Å². The first-order valence-electron chi connectivity index (χ1n) is 8.81. The molecular formula is C20H24N4S. The number of rotatable bonds is 6. The number of anilines is 1. The Morgan fingerprint density at radius 1 is 1.08 bits per heavy atom. The van der Waals surface area contributed by atoms with Crippen LogP contribution in [0.15, 0.2) is 35.7 Å². The van der Waals surface area contributed by atoms with Crippen LogP contribution in [-0.2, 0) is 6.54 Å². The monoisotopic (exact) mass is 352 g/mol. The molecule has 5 heteroatoms. The summed E-state index contributed by atoms with van der Waals surface area (Å²) in [7, 11) is 6.29. The Bertz CT molecular complexity index is 868. The highest BCUT2D eigenvalue weighted by Gasteiger charge is 2.25. The van der Waals surface area contributed by atoms with E-state index in [-0.39, 0.29) is 0 Å². The predicted octanol–water partition coefficient (Wildman–Crippen LogP) is 4.27. The fourth-order valence-corrected chi connectivity index (χ4v) is 4.16. The van der Waals surface area contributed by atoms with Gasteiger partial charge in [-0.15, -0.1) is 11.3 Å². The molecule has 0 saturated heterocycles. The second-order valence-electron chi connectivity index (χ2n) is 7.22. The molecule has 1 saturated carbocycles. The maximum Gasteiger partial charge on any atom is 0.146 e. The van der Waals surface area contributed by atoms with Gasteiger partial charge in [0.05, 0.1) is 11.9 Å². The Balaban J connectivity index is 1.85. The molecule has 0 amide bonds. The zero-order valence-electron chi connectivity index (χ0n) is 15.1. The molecular weight excluding hydrogens is 328 g/mol. The SMILES string of the molecule is CN(C)Cc1nc(N(C)CC2CC2)c2c(-c3ccccc3)csc2n1. The lowest BCUT2D eigenvalue weighted by Crippen LogP contribution is -2.23. The van der Waals surface area contributed by atoms with Gasteiger partial charge in [-0.25, -0.2) is 9.97 Å². The van der Waals surface area contributed by atoms with E-state index in [1.807, 2.05) is 0 Å². The summed E-state index contributed by atoms with van der Waals surface area (Å²) in [5.41, 5.74) is 2.48. The quantitative estimate of drug-likeness (QED) is 0.663. The third-order valence-corrected chi connectivity index (χ3v) is 5.47. The average Bonchev–Trinajstić information content (AvgIpc) is 3.30. The molecule has 0 bridgehead atoms. The summed E-state index contributed by atoms with van der Waals surface area (Å²) in [6.45, 7) is 1.84. The van der Waals surface area contributed by atoms with Crippen molar-refractivity contribution in [2.75, 3.05) is 32.6 Å². The van der Waals surface area contributed by atoms with Crippen LogP contribution in [0.5, 0.6) is 0 Å². The molecule has 2 heterocycles. The van der Waals surface area contributed by atoms with Crippen molar-refractivity contribution in [3.05, 3.63) is 41.5 Å². The summed E-state index contributed by atoms with van der Waals surface area (Å²) in [6.07, 6.45) is 2.69. The summed E-state index contributed by atoms with van der Waals surface area (Å²) >= 11 is 1.72. The lowest BCUT2D eigenvalue weighted by Gasteiger charge is -2.21. The van der Waals surface area contributed by atoms with Gasteiger partial charge in [0.25, 0.3) is 0 Å². The molecule has 3 aromatic rings. The number of nitrogens with zero attached hydrogens (tertiary/aromatic N) is 4. The summed E-state index contributed by atoms with van der Waals surface area (Å²) in [6, 6.07) is 10.6. The van der Waals surface area contributed by atoms with E-state index >= 15 is 0 Å². The third-order valence-electron chi connectivity index (χ3n) is 4.59. The smallest absolute Gasteiger partial charge is 0.146 e. The summed E-state index contributed by atoms with van der Waals surface area (Å²) in [5, 5.41) is 3.42. The van der Waals surface area contributed by atoms with E-state index in [2.05, 4.69) is 66.7 Å². The Hall–Kier alpha value is -1.98. The zero-order valence-corrected chi connectivity index (χ0v) is 15.9. The van der Waals surface area contributed by atoms with Crippen LogP contribution in [0.3, 0.4) is 0 Å². The molecule has 2 aromatic heterocycles. The van der Waals surface area contributed by atoms with E-state index in [0.29, 0.717) is 0 Å². The predicted molar refractivity (Wildman–Crippen MR) is 106 cm³/mol. The van der Waals surface area contributed by atoms with Crippen LogP contribution in [-0.4, -0.2) is 42.6 Å². The molecule has 0 spiro atoms. The van der Waals surface area contributed by atoms with Crippen LogP contribution in [0.25, 0.3) is 21.3 Å². The first kappa shape index (κ1) is 16.5. The van der Waals surface area contributed by atoms with Gasteiger partial charge >= 0.3 is 0 Å². The number of thiophene rings is 1. The number of hydrogen-bond donors (Lipinski definition) is 0. The van der Waals surface area contributed by atoms with Gasteiger partial charge in [-0.05, 0) is 38.4 Å². The maximum atomic E-state index is 4.96. The Morgan fingerprint density at radius 3 is 2.52 bits per heavy atom. The maximum absolute atomic E-state index is 4.96. The van der Waals surface area contributed by atoms with Gasteiger partial charge in [0, 0.05) is 24.5 Å². The van der Waals surface area contributed by atoms with Gasteiger partial charge in [-0.2, -0.15) is 0 Å². The van der Waals surface area contributed by atoms with Crippen LogP contribution in [0.2, 0.25) is 0 Å². The molecule has 0 radical (unpaired) electrons. The fourth-order valence-electron chi connectivity index (χ4n) is 3.20. The van der Waals surface area contributed by atoms with Crippen molar-refractivity contribution in [3.8, 4) is 11.1 Å². The van der Waals surface area contributed by atoms with Crippen LogP contribution in [0.4, 0.5) is 5.82 Å². The first-order chi connectivity index (χ1) is 12.1. The molecule has 0 unspecified atom stereocenters. The zero-order chi connectivity index (χ0) is 17.4. The van der Waals surface area contributed by atoms with Crippen molar-refractivity contribution in [1.29, 1.82) is 0 Å². The standard InChI is InChI=1S/C20H24N4S/c1-23(2)12-17-21-19(24(3)11-14-9-10-14)18-16(13-25-20(18)22-17)15-7-5-4-6-8-15/h4-8,13-14H,9-12H2,1-3H3. The van der Waals surface area contributed by atoms with Crippen LogP contribution in [0, 0.1) is 5.92 Å². The van der Waals surface area contributed by atoms with Gasteiger partial charge in [0.15, 0.2) is 0 Å². The molecule has 1 aromatic carbocycles. The highest BCUT2D eigenvalue weighted by molar-refractivity contribution is 7.17.